The molecule has 110 valence electrons. The summed E-state index contributed by atoms with van der Waals surface area (Å²) < 4.78 is 5.35. The maximum absolute atomic E-state index is 10.8. The third-order valence-electron chi connectivity index (χ3n) is 2.93. The van der Waals surface area contributed by atoms with Gasteiger partial charge < -0.3 is 14.7 Å². The van der Waals surface area contributed by atoms with Crippen LogP contribution < -0.4 is 9.64 Å². The highest BCUT2D eigenvalue weighted by Crippen LogP contribution is 2.17. The van der Waals surface area contributed by atoms with Gasteiger partial charge in [0.1, 0.15) is 12.1 Å². The minimum atomic E-state index is -0.924. The third-order valence-corrected chi connectivity index (χ3v) is 2.93. The summed E-state index contributed by atoms with van der Waals surface area (Å²) in [6.07, 6.45) is 1.46. The molecule has 6 nitrogen and oxygen atoms in total. The number of benzene rings is 1. The van der Waals surface area contributed by atoms with Gasteiger partial charge in [-0.25, -0.2) is 14.8 Å². The molecule has 1 aromatic carbocycles. The van der Waals surface area contributed by atoms with Crippen LogP contribution in [0.4, 0.5) is 5.82 Å². The van der Waals surface area contributed by atoms with E-state index in [2.05, 4.69) is 9.97 Å². The Morgan fingerprint density at radius 1 is 1.29 bits per heavy atom. The third kappa shape index (κ3) is 3.92. The fraction of sp³-hybridized carbons (Fsp3) is 0.267. The van der Waals surface area contributed by atoms with Crippen molar-refractivity contribution in [3.05, 3.63) is 47.8 Å². The summed E-state index contributed by atoms with van der Waals surface area (Å²) in [5.74, 6) is 0.360. The van der Waals surface area contributed by atoms with Crippen molar-refractivity contribution in [1.82, 2.24) is 9.97 Å². The van der Waals surface area contributed by atoms with Gasteiger partial charge in [0, 0.05) is 19.7 Å². The molecular formula is C15H17N3O3. The molecule has 0 saturated heterocycles. The largest absolute Gasteiger partial charge is 0.478 e. The number of carbonyl (C=O) groups is 1. The summed E-state index contributed by atoms with van der Waals surface area (Å²) in [6, 6.07) is 8.55. The lowest BCUT2D eigenvalue weighted by molar-refractivity contribution is 0.0697. The van der Waals surface area contributed by atoms with Crippen LogP contribution in [-0.4, -0.2) is 34.7 Å². The van der Waals surface area contributed by atoms with Crippen LogP contribution in [0, 0.1) is 0 Å². The first-order valence-corrected chi connectivity index (χ1v) is 6.58. The number of nitrogens with zero attached hydrogens (tertiary/aromatic N) is 3. The predicted octanol–water partition coefficient (Wildman–Crippen LogP) is 2.21. The van der Waals surface area contributed by atoms with Crippen LogP contribution in [0.25, 0.3) is 0 Å². The highest BCUT2D eigenvalue weighted by molar-refractivity contribution is 5.87. The van der Waals surface area contributed by atoms with Gasteiger partial charge in [-0.1, -0.05) is 12.1 Å². The molecule has 2 aromatic rings. The van der Waals surface area contributed by atoms with Crippen molar-refractivity contribution in [3.63, 3.8) is 0 Å². The van der Waals surface area contributed by atoms with Crippen LogP contribution in [0.1, 0.15) is 22.8 Å². The van der Waals surface area contributed by atoms with E-state index in [-0.39, 0.29) is 5.56 Å². The highest BCUT2D eigenvalue weighted by Gasteiger charge is 2.07. The molecular weight excluding hydrogens is 270 g/mol. The van der Waals surface area contributed by atoms with Gasteiger partial charge in [0.15, 0.2) is 0 Å². The molecule has 1 heterocycles. The lowest BCUT2D eigenvalue weighted by Gasteiger charge is -2.18. The Kier molecular flexibility index (Phi) is 4.71. The number of hydrogen-bond donors (Lipinski definition) is 1. The van der Waals surface area contributed by atoms with Crippen molar-refractivity contribution < 1.29 is 14.6 Å². The van der Waals surface area contributed by atoms with Crippen molar-refractivity contribution in [3.8, 4) is 5.88 Å². The van der Waals surface area contributed by atoms with Crippen molar-refractivity contribution in [1.29, 1.82) is 0 Å². The summed E-state index contributed by atoms with van der Waals surface area (Å²) in [5.41, 5.74) is 1.28. The molecule has 2 rings (SSSR count). The fourth-order valence-corrected chi connectivity index (χ4v) is 1.87. The number of anilines is 1. The average Bonchev–Trinajstić information content (AvgIpc) is 2.48. The topological polar surface area (TPSA) is 75.5 Å². The molecule has 6 heteroatoms. The lowest BCUT2D eigenvalue weighted by Crippen LogP contribution is -2.18. The van der Waals surface area contributed by atoms with E-state index in [0.717, 1.165) is 11.4 Å². The molecule has 0 saturated carbocycles. The molecule has 0 fully saturated rings. The molecule has 0 radical (unpaired) electrons. The zero-order valence-electron chi connectivity index (χ0n) is 12.0. The Balaban J connectivity index is 2.08. The van der Waals surface area contributed by atoms with Gasteiger partial charge in [-0.15, -0.1) is 0 Å². The Bertz CT molecular complexity index is 614. The number of ether oxygens (including phenoxy) is 1. The normalized spacial score (nSPS) is 10.2. The van der Waals surface area contributed by atoms with E-state index < -0.39 is 5.97 Å². The van der Waals surface area contributed by atoms with Crippen LogP contribution in [0.3, 0.4) is 0 Å². The summed E-state index contributed by atoms with van der Waals surface area (Å²) in [4.78, 5) is 21.0. The number of aromatic nitrogens is 2. The van der Waals surface area contributed by atoms with Gasteiger partial charge in [-0.3, -0.25) is 0 Å². The molecule has 1 N–H and O–H groups in total. The van der Waals surface area contributed by atoms with Gasteiger partial charge in [-0.05, 0) is 24.6 Å². The first kappa shape index (κ1) is 14.8. The zero-order valence-corrected chi connectivity index (χ0v) is 12.0. The minimum Gasteiger partial charge on any atom is -0.478 e. The minimum absolute atomic E-state index is 0.280. The van der Waals surface area contributed by atoms with E-state index in [4.69, 9.17) is 9.84 Å². The maximum Gasteiger partial charge on any atom is 0.335 e. The van der Waals surface area contributed by atoms with Crippen molar-refractivity contribution in [2.75, 3.05) is 18.6 Å². The van der Waals surface area contributed by atoms with E-state index in [1.807, 2.05) is 18.9 Å². The monoisotopic (exact) mass is 287 g/mol. The van der Waals surface area contributed by atoms with Crippen molar-refractivity contribution in [2.24, 2.45) is 0 Å². The Morgan fingerprint density at radius 2 is 2.00 bits per heavy atom. The number of carboxylic acid groups (broad SMARTS) is 1. The first-order chi connectivity index (χ1) is 10.1. The smallest absolute Gasteiger partial charge is 0.335 e. The quantitative estimate of drug-likeness (QED) is 0.878. The second-order valence-electron chi connectivity index (χ2n) is 4.51. The van der Waals surface area contributed by atoms with Gasteiger partial charge in [-0.2, -0.15) is 0 Å². The summed E-state index contributed by atoms with van der Waals surface area (Å²) in [6.45, 7) is 3.06. The molecule has 0 aliphatic carbocycles. The Labute approximate surface area is 123 Å². The number of aromatic carboxylic acids is 1. The van der Waals surface area contributed by atoms with E-state index in [9.17, 15) is 4.79 Å². The molecule has 0 aliphatic rings. The Morgan fingerprint density at radius 3 is 2.62 bits per heavy atom. The molecule has 0 amide bonds. The molecule has 0 unspecified atom stereocenters. The van der Waals surface area contributed by atoms with Gasteiger partial charge in [0.25, 0.3) is 0 Å². The molecule has 0 aliphatic heterocycles. The molecule has 0 bridgehead atoms. The van der Waals surface area contributed by atoms with E-state index in [0.29, 0.717) is 19.0 Å². The van der Waals surface area contributed by atoms with Crippen molar-refractivity contribution >= 4 is 11.8 Å². The van der Waals surface area contributed by atoms with Crippen LogP contribution in [0.15, 0.2) is 36.7 Å². The standard InChI is InChI=1S/C15H17N3O3/c1-3-21-14-8-13(16-10-17-14)18(2)9-11-4-6-12(7-5-11)15(19)20/h4-8,10H,3,9H2,1-2H3,(H,19,20). The summed E-state index contributed by atoms with van der Waals surface area (Å²) in [7, 11) is 1.91. The van der Waals surface area contributed by atoms with Crippen LogP contribution in [0.2, 0.25) is 0 Å². The van der Waals surface area contributed by atoms with Gasteiger partial charge >= 0.3 is 5.97 Å². The molecule has 0 atom stereocenters. The Hall–Kier alpha value is -2.63. The lowest BCUT2D eigenvalue weighted by atomic mass is 10.1. The number of rotatable bonds is 6. The molecule has 1 aromatic heterocycles. The number of hydrogen-bond acceptors (Lipinski definition) is 5. The van der Waals surface area contributed by atoms with Gasteiger partial charge in [0.05, 0.1) is 12.2 Å². The van der Waals surface area contributed by atoms with Crippen LogP contribution in [0.5, 0.6) is 5.88 Å². The average molecular weight is 287 g/mol. The van der Waals surface area contributed by atoms with Gasteiger partial charge in [0.2, 0.25) is 5.88 Å². The van der Waals surface area contributed by atoms with Crippen molar-refractivity contribution in [2.45, 2.75) is 13.5 Å². The van der Waals surface area contributed by atoms with Crippen LogP contribution >= 0.6 is 0 Å². The second-order valence-corrected chi connectivity index (χ2v) is 4.51. The summed E-state index contributed by atoms with van der Waals surface area (Å²) in [5, 5.41) is 8.88. The summed E-state index contributed by atoms with van der Waals surface area (Å²) >= 11 is 0. The SMILES string of the molecule is CCOc1cc(N(C)Cc2ccc(C(=O)O)cc2)ncn1. The number of carboxylic acids is 1. The first-order valence-electron chi connectivity index (χ1n) is 6.58. The molecule has 21 heavy (non-hydrogen) atoms. The maximum atomic E-state index is 10.8. The van der Waals surface area contributed by atoms with E-state index >= 15 is 0 Å². The van der Waals surface area contributed by atoms with Crippen LogP contribution in [-0.2, 0) is 6.54 Å². The molecule has 0 spiro atoms. The second kappa shape index (κ2) is 6.69. The predicted molar refractivity (Wildman–Crippen MR) is 78.7 cm³/mol. The van der Waals surface area contributed by atoms with E-state index in [1.54, 1.807) is 30.3 Å². The van der Waals surface area contributed by atoms with E-state index in [1.165, 1.54) is 6.33 Å². The highest BCUT2D eigenvalue weighted by atomic mass is 16.5. The fourth-order valence-electron chi connectivity index (χ4n) is 1.87. The zero-order chi connectivity index (χ0) is 15.2.